The molecule has 1 fully saturated rings. The summed E-state index contributed by atoms with van der Waals surface area (Å²) >= 11 is 2.18. The van der Waals surface area contributed by atoms with Crippen LogP contribution >= 0.6 is 23.1 Å². The Morgan fingerprint density at radius 2 is 1.77 bits per heavy atom. The van der Waals surface area contributed by atoms with Gasteiger partial charge in [0.2, 0.25) is 15.9 Å². The van der Waals surface area contributed by atoms with Gasteiger partial charge in [-0.15, -0.1) is 21.5 Å². The van der Waals surface area contributed by atoms with E-state index in [0.29, 0.717) is 18.2 Å². The second-order valence-corrected chi connectivity index (χ2v) is 13.4. The van der Waals surface area contributed by atoms with Gasteiger partial charge in [-0.1, -0.05) is 24.2 Å². The summed E-state index contributed by atoms with van der Waals surface area (Å²) in [6, 6.07) is 10.1. The Morgan fingerprint density at radius 3 is 2.45 bits per heavy atom. The van der Waals surface area contributed by atoms with Crippen molar-refractivity contribution in [2.45, 2.75) is 42.0 Å². The summed E-state index contributed by atoms with van der Waals surface area (Å²) < 4.78 is 69.1. The quantitative estimate of drug-likeness (QED) is 0.235. The summed E-state index contributed by atoms with van der Waals surface area (Å²) in [7, 11) is -3.67. The van der Waals surface area contributed by atoms with Gasteiger partial charge in [-0.25, -0.2) is 13.4 Å². The number of hydrogen-bond donors (Lipinski definition) is 2. The molecule has 2 aromatic carbocycles. The molecule has 0 bridgehead atoms. The van der Waals surface area contributed by atoms with Crippen molar-refractivity contribution < 1.29 is 31.2 Å². The lowest BCUT2D eigenvalue weighted by molar-refractivity contribution is -0.137. The molecule has 2 amide bonds. The molecule has 232 valence electrons. The highest BCUT2D eigenvalue weighted by Crippen LogP contribution is 2.32. The number of anilines is 1. The van der Waals surface area contributed by atoms with Crippen molar-refractivity contribution in [3.8, 4) is 5.69 Å². The zero-order valence-electron chi connectivity index (χ0n) is 23.0. The molecule has 0 atom stereocenters. The van der Waals surface area contributed by atoms with Crippen molar-refractivity contribution in [3.05, 3.63) is 77.1 Å². The van der Waals surface area contributed by atoms with Gasteiger partial charge in [0.1, 0.15) is 0 Å². The van der Waals surface area contributed by atoms with Crippen molar-refractivity contribution in [2.75, 3.05) is 24.2 Å². The van der Waals surface area contributed by atoms with Crippen LogP contribution < -0.4 is 10.6 Å². The lowest BCUT2D eigenvalue weighted by Gasteiger charge is -2.25. The Hall–Kier alpha value is -3.80. The standard InChI is InChI=1S/C27H26F3N7O4S3/c28-27(29,30)19-5-4-6-20(15-19)37-22(34-35-26(37)43-17-23(38)33-25-31-11-14-42-25)16-32-24(39)18-7-9-21(10-8-18)44(40,41)36-12-2-1-3-13-36/h4-11,14-15H,1-3,12-13,16-17H2,(H,32,39)(H,31,33,38). The van der Waals surface area contributed by atoms with Crippen LogP contribution in [0.15, 0.2) is 70.2 Å². The minimum absolute atomic E-state index is 0.0841. The van der Waals surface area contributed by atoms with Gasteiger partial charge < -0.3 is 10.6 Å². The fourth-order valence-electron chi connectivity index (χ4n) is 4.45. The number of thiazole rings is 1. The number of piperidine rings is 1. The maximum absolute atomic E-state index is 13.5. The number of rotatable bonds is 10. The monoisotopic (exact) mass is 665 g/mol. The van der Waals surface area contributed by atoms with E-state index in [2.05, 4.69) is 25.8 Å². The molecule has 2 aromatic heterocycles. The number of nitrogens with zero attached hydrogens (tertiary/aromatic N) is 5. The van der Waals surface area contributed by atoms with Crippen LogP contribution in [0.3, 0.4) is 0 Å². The number of carbonyl (C=O) groups is 2. The van der Waals surface area contributed by atoms with Crippen LogP contribution in [0, 0.1) is 0 Å². The first-order chi connectivity index (χ1) is 21.0. The van der Waals surface area contributed by atoms with Crippen LogP contribution in [0.25, 0.3) is 5.69 Å². The minimum atomic E-state index is -4.60. The lowest BCUT2D eigenvalue weighted by Crippen LogP contribution is -2.35. The van der Waals surface area contributed by atoms with Crippen molar-refractivity contribution in [3.63, 3.8) is 0 Å². The van der Waals surface area contributed by atoms with Gasteiger partial charge in [-0.05, 0) is 55.3 Å². The van der Waals surface area contributed by atoms with E-state index in [4.69, 9.17) is 0 Å². The Kier molecular flexibility index (Phi) is 9.67. The Labute approximate surface area is 258 Å². The smallest absolute Gasteiger partial charge is 0.345 e. The third-order valence-electron chi connectivity index (χ3n) is 6.62. The highest BCUT2D eigenvalue weighted by Gasteiger charge is 2.31. The van der Waals surface area contributed by atoms with Gasteiger partial charge >= 0.3 is 6.18 Å². The van der Waals surface area contributed by atoms with E-state index >= 15 is 0 Å². The highest BCUT2D eigenvalue weighted by atomic mass is 32.2. The SMILES string of the molecule is O=C(CSc1nnc(CNC(=O)c2ccc(S(=O)(=O)N3CCCCC3)cc2)n1-c1cccc(C(F)(F)F)c1)Nc1nccs1. The predicted octanol–water partition coefficient (Wildman–Crippen LogP) is 4.58. The fourth-order valence-corrected chi connectivity index (χ4v) is 7.29. The molecule has 4 aromatic rings. The molecule has 1 aliphatic rings. The third-order valence-corrected chi connectivity index (χ3v) is 10.1. The number of halogens is 3. The molecule has 44 heavy (non-hydrogen) atoms. The van der Waals surface area contributed by atoms with Crippen LogP contribution in [0.4, 0.5) is 18.3 Å². The van der Waals surface area contributed by atoms with E-state index in [-0.39, 0.29) is 39.4 Å². The highest BCUT2D eigenvalue weighted by molar-refractivity contribution is 7.99. The molecule has 0 aliphatic carbocycles. The second-order valence-electron chi connectivity index (χ2n) is 9.63. The van der Waals surface area contributed by atoms with Gasteiger partial charge in [-0.2, -0.15) is 17.5 Å². The first-order valence-corrected chi connectivity index (χ1v) is 16.7. The summed E-state index contributed by atoms with van der Waals surface area (Å²) in [5.74, 6) is -0.966. The van der Waals surface area contributed by atoms with Crippen LogP contribution in [0.5, 0.6) is 0 Å². The van der Waals surface area contributed by atoms with Crippen LogP contribution in [-0.4, -0.2) is 63.1 Å². The predicted molar refractivity (Wildman–Crippen MR) is 158 cm³/mol. The molecular formula is C27H26F3N7O4S3. The number of benzene rings is 2. The first-order valence-electron chi connectivity index (χ1n) is 13.3. The van der Waals surface area contributed by atoms with Crippen molar-refractivity contribution in [2.24, 2.45) is 0 Å². The molecule has 3 heterocycles. The molecule has 0 unspecified atom stereocenters. The molecule has 1 aliphatic heterocycles. The molecule has 0 saturated carbocycles. The van der Waals surface area contributed by atoms with E-state index in [1.165, 1.54) is 62.8 Å². The fraction of sp³-hybridized carbons (Fsp3) is 0.296. The van der Waals surface area contributed by atoms with Crippen molar-refractivity contribution >= 4 is 50.1 Å². The average molecular weight is 666 g/mol. The molecule has 5 rings (SSSR count). The molecule has 0 radical (unpaired) electrons. The zero-order valence-corrected chi connectivity index (χ0v) is 25.4. The molecule has 17 heteroatoms. The van der Waals surface area contributed by atoms with Crippen LogP contribution in [0.2, 0.25) is 0 Å². The number of amides is 2. The van der Waals surface area contributed by atoms with Gasteiger partial charge in [0.15, 0.2) is 16.1 Å². The summed E-state index contributed by atoms with van der Waals surface area (Å²) in [5.41, 5.74) is -0.624. The second kappa shape index (κ2) is 13.5. The minimum Gasteiger partial charge on any atom is -0.345 e. The summed E-state index contributed by atoms with van der Waals surface area (Å²) in [6.45, 7) is 0.684. The van der Waals surface area contributed by atoms with E-state index < -0.39 is 33.6 Å². The number of carbonyl (C=O) groups excluding carboxylic acids is 2. The van der Waals surface area contributed by atoms with Crippen LogP contribution in [0.1, 0.15) is 41.0 Å². The van der Waals surface area contributed by atoms with Crippen molar-refractivity contribution in [1.29, 1.82) is 0 Å². The number of hydrogen-bond acceptors (Lipinski definition) is 9. The van der Waals surface area contributed by atoms with E-state index in [1.807, 2.05) is 0 Å². The maximum atomic E-state index is 13.5. The maximum Gasteiger partial charge on any atom is 0.416 e. The molecule has 1 saturated heterocycles. The number of nitrogens with one attached hydrogen (secondary N) is 2. The van der Waals surface area contributed by atoms with Gasteiger partial charge in [0, 0.05) is 30.2 Å². The normalized spacial score (nSPS) is 14.3. The van der Waals surface area contributed by atoms with Gasteiger partial charge in [0.05, 0.1) is 28.4 Å². The van der Waals surface area contributed by atoms with Crippen LogP contribution in [-0.2, 0) is 27.5 Å². The summed E-state index contributed by atoms with van der Waals surface area (Å²) in [6.07, 6.45) is -0.498. The lowest BCUT2D eigenvalue weighted by atomic mass is 10.2. The third kappa shape index (κ3) is 7.46. The molecule has 0 spiro atoms. The summed E-state index contributed by atoms with van der Waals surface area (Å²) in [4.78, 5) is 29.4. The molecular weight excluding hydrogens is 640 g/mol. The average Bonchev–Trinajstić information content (AvgIpc) is 3.69. The first kappa shape index (κ1) is 31.6. The Balaban J connectivity index is 1.33. The number of thioether (sulfide) groups is 1. The Bertz CT molecular complexity index is 1720. The topological polar surface area (TPSA) is 139 Å². The number of alkyl halides is 3. The van der Waals surface area contributed by atoms with Gasteiger partial charge in [-0.3, -0.25) is 14.2 Å². The zero-order chi connectivity index (χ0) is 31.3. The van der Waals surface area contributed by atoms with E-state index in [9.17, 15) is 31.2 Å². The van der Waals surface area contributed by atoms with Gasteiger partial charge in [0.25, 0.3) is 5.91 Å². The molecule has 11 nitrogen and oxygen atoms in total. The largest absolute Gasteiger partial charge is 0.416 e. The summed E-state index contributed by atoms with van der Waals surface area (Å²) in [5, 5.41) is 15.6. The van der Waals surface area contributed by atoms with E-state index in [0.717, 1.165) is 43.2 Å². The number of sulfonamides is 1. The number of aromatic nitrogens is 4. The van der Waals surface area contributed by atoms with E-state index in [1.54, 1.807) is 5.38 Å². The van der Waals surface area contributed by atoms with Crippen molar-refractivity contribution in [1.82, 2.24) is 29.4 Å². The molecule has 2 N–H and O–H groups in total. The Morgan fingerprint density at radius 1 is 1.02 bits per heavy atom.